The van der Waals surface area contributed by atoms with Gasteiger partial charge in [-0.05, 0) is 83.3 Å². The van der Waals surface area contributed by atoms with Gasteiger partial charge >= 0.3 is 0 Å². The molecule has 0 atom stereocenters. The van der Waals surface area contributed by atoms with Crippen LogP contribution in [0.15, 0.2) is 134 Å². The summed E-state index contributed by atoms with van der Waals surface area (Å²) >= 11 is 0. The molecule has 4 aromatic heterocycles. The molecule has 0 fully saturated rings. The number of rotatable bonds is 8. The molecule has 4 nitrogen and oxygen atoms in total. The Kier molecular flexibility index (Phi) is 8.38. The number of pyridine rings is 4. The van der Waals surface area contributed by atoms with E-state index in [-0.39, 0.29) is 0 Å². The molecule has 4 heteroatoms. The van der Waals surface area contributed by atoms with Gasteiger partial charge in [-0.25, -0.2) is 9.97 Å². The first-order valence-corrected chi connectivity index (χ1v) is 17.6. The van der Waals surface area contributed by atoms with Gasteiger partial charge in [-0.3, -0.25) is 9.97 Å². The monoisotopic (exact) mass is 648 g/mol. The van der Waals surface area contributed by atoms with Crippen LogP contribution in [0.25, 0.3) is 77.3 Å². The summed E-state index contributed by atoms with van der Waals surface area (Å²) in [4.78, 5) is 19.6. The van der Waals surface area contributed by atoms with E-state index in [1.807, 2.05) is 36.9 Å². The molecule has 244 valence electrons. The predicted octanol–water partition coefficient (Wildman–Crippen LogP) is 11.8. The highest BCUT2D eigenvalue weighted by Crippen LogP contribution is 2.37. The van der Waals surface area contributed by atoms with E-state index in [0.29, 0.717) is 11.8 Å². The van der Waals surface area contributed by atoms with Crippen LogP contribution in [-0.4, -0.2) is 19.9 Å². The van der Waals surface area contributed by atoms with Crippen molar-refractivity contribution >= 4 is 32.6 Å². The third-order valence-corrected chi connectivity index (χ3v) is 9.49. The molecule has 0 aliphatic carbocycles. The highest BCUT2D eigenvalue weighted by Gasteiger charge is 2.17. The van der Waals surface area contributed by atoms with Crippen molar-refractivity contribution in [1.29, 1.82) is 0 Å². The van der Waals surface area contributed by atoms with Crippen LogP contribution in [0.5, 0.6) is 0 Å². The minimum Gasteiger partial charge on any atom is -0.264 e. The van der Waals surface area contributed by atoms with Crippen LogP contribution in [0.4, 0.5) is 0 Å². The Labute approximate surface area is 294 Å². The van der Waals surface area contributed by atoms with Crippen LogP contribution < -0.4 is 0 Å². The van der Waals surface area contributed by atoms with E-state index < -0.39 is 0 Å². The van der Waals surface area contributed by atoms with Crippen molar-refractivity contribution in [3.63, 3.8) is 0 Å². The Morgan fingerprint density at radius 3 is 1.22 bits per heavy atom. The van der Waals surface area contributed by atoms with E-state index in [1.165, 1.54) is 21.9 Å². The van der Waals surface area contributed by atoms with Crippen molar-refractivity contribution in [2.75, 3.05) is 0 Å². The van der Waals surface area contributed by atoms with Gasteiger partial charge < -0.3 is 0 Å². The van der Waals surface area contributed by atoms with Gasteiger partial charge in [0.25, 0.3) is 0 Å². The second-order valence-corrected chi connectivity index (χ2v) is 14.2. The van der Waals surface area contributed by atoms with Crippen molar-refractivity contribution in [1.82, 2.24) is 19.9 Å². The van der Waals surface area contributed by atoms with Crippen LogP contribution in [-0.2, 0) is 12.8 Å². The van der Waals surface area contributed by atoms with E-state index in [4.69, 9.17) is 9.97 Å². The first kappa shape index (κ1) is 31.5. The van der Waals surface area contributed by atoms with E-state index in [2.05, 4.69) is 135 Å². The van der Waals surface area contributed by atoms with Gasteiger partial charge in [0.05, 0.1) is 22.4 Å². The van der Waals surface area contributed by atoms with Crippen LogP contribution >= 0.6 is 0 Å². The number of nitrogens with zero attached hydrogens (tertiary/aromatic N) is 4. The van der Waals surface area contributed by atoms with Crippen LogP contribution in [0, 0.1) is 11.8 Å². The Balaban J connectivity index is 1.35. The molecule has 0 spiro atoms. The zero-order valence-electron chi connectivity index (χ0n) is 29.1. The lowest BCUT2D eigenvalue weighted by molar-refractivity contribution is 0.650. The number of benzene rings is 4. The Bertz CT molecular complexity index is 2310. The van der Waals surface area contributed by atoms with Crippen LogP contribution in [0.1, 0.15) is 38.8 Å². The van der Waals surface area contributed by atoms with Gasteiger partial charge in [-0.2, -0.15) is 0 Å². The van der Waals surface area contributed by atoms with Crippen molar-refractivity contribution in [2.45, 2.75) is 40.5 Å². The average Bonchev–Trinajstić information content (AvgIpc) is 3.15. The van der Waals surface area contributed by atoms with E-state index in [1.54, 1.807) is 0 Å². The third-order valence-electron chi connectivity index (χ3n) is 9.49. The van der Waals surface area contributed by atoms with Crippen molar-refractivity contribution < 1.29 is 0 Å². The Morgan fingerprint density at radius 2 is 0.820 bits per heavy atom. The molecule has 50 heavy (non-hydrogen) atoms. The smallest absolute Gasteiger partial charge is 0.0791 e. The number of hydrogen-bond donors (Lipinski definition) is 0. The standard InChI is InChI=1S/C46H40N4/c1-29(2)21-37-25-43(33-11-5-9-31(23-33)35-13-7-19-47-27-35)49-45-39(37)15-17-42-41(45)18-16-40-38(22-30(3)4)26-44(50-46(40)42)34-12-6-10-32(24-34)36-14-8-20-48-28-36/h5-20,23-30H,21-22H2,1-4H3. The van der Waals surface area contributed by atoms with Gasteiger partial charge in [0.2, 0.25) is 0 Å². The minimum atomic E-state index is 0.507. The Morgan fingerprint density at radius 1 is 0.420 bits per heavy atom. The minimum absolute atomic E-state index is 0.507. The summed E-state index contributed by atoms with van der Waals surface area (Å²) in [7, 11) is 0. The maximum absolute atomic E-state index is 5.43. The summed E-state index contributed by atoms with van der Waals surface area (Å²) in [5.41, 5.74) is 13.3. The molecule has 8 aromatic rings. The zero-order chi connectivity index (χ0) is 34.2. The fourth-order valence-corrected chi connectivity index (χ4v) is 7.22. The van der Waals surface area contributed by atoms with Crippen LogP contribution in [0.2, 0.25) is 0 Å². The summed E-state index contributed by atoms with van der Waals surface area (Å²) in [6.45, 7) is 9.14. The zero-order valence-corrected chi connectivity index (χ0v) is 29.1. The van der Waals surface area contributed by atoms with E-state index in [9.17, 15) is 0 Å². The van der Waals surface area contributed by atoms with Crippen molar-refractivity contribution in [3.8, 4) is 44.8 Å². The quantitative estimate of drug-likeness (QED) is 0.154. The maximum Gasteiger partial charge on any atom is 0.0791 e. The fraction of sp³-hybridized carbons (Fsp3) is 0.174. The number of aromatic nitrogens is 4. The molecule has 0 aliphatic rings. The molecule has 0 N–H and O–H groups in total. The maximum atomic E-state index is 5.43. The van der Waals surface area contributed by atoms with E-state index in [0.717, 1.165) is 79.4 Å². The fourth-order valence-electron chi connectivity index (χ4n) is 7.22. The summed E-state index contributed by atoms with van der Waals surface area (Å²) in [5.74, 6) is 1.01. The molecule has 0 bridgehead atoms. The molecule has 8 rings (SSSR count). The van der Waals surface area contributed by atoms with Gasteiger partial charge in [0.1, 0.15) is 0 Å². The molecule has 4 heterocycles. The SMILES string of the molecule is CC(C)Cc1cc(-c2cccc(-c3cccnc3)c2)nc2c1ccc1c2ccc2c(CC(C)C)cc(-c3cccc(-c4cccnc4)c3)nc21. The predicted molar refractivity (Wildman–Crippen MR) is 209 cm³/mol. The highest BCUT2D eigenvalue weighted by molar-refractivity contribution is 6.16. The topological polar surface area (TPSA) is 51.6 Å². The van der Waals surface area contributed by atoms with Crippen molar-refractivity contribution in [2.24, 2.45) is 11.8 Å². The molecule has 0 unspecified atom stereocenters. The summed E-state index contributed by atoms with van der Waals surface area (Å²) < 4.78 is 0. The molecule has 4 aromatic carbocycles. The molecule has 0 aliphatic heterocycles. The summed E-state index contributed by atoms with van der Waals surface area (Å²) in [6, 6.07) is 39.2. The average molecular weight is 649 g/mol. The second kappa shape index (κ2) is 13.3. The van der Waals surface area contributed by atoms with Gasteiger partial charge in [0, 0.05) is 68.6 Å². The van der Waals surface area contributed by atoms with Crippen LogP contribution in [0.3, 0.4) is 0 Å². The first-order chi connectivity index (χ1) is 24.4. The molecule has 0 radical (unpaired) electrons. The normalized spacial score (nSPS) is 11.7. The second-order valence-electron chi connectivity index (χ2n) is 14.2. The van der Waals surface area contributed by atoms with Crippen molar-refractivity contribution in [3.05, 3.63) is 145 Å². The third kappa shape index (κ3) is 6.14. The molecular formula is C46H40N4. The van der Waals surface area contributed by atoms with Gasteiger partial charge in [-0.15, -0.1) is 0 Å². The number of hydrogen-bond acceptors (Lipinski definition) is 4. The molecule has 0 saturated carbocycles. The van der Waals surface area contributed by atoms with Gasteiger partial charge in [-0.1, -0.05) is 100 Å². The van der Waals surface area contributed by atoms with Gasteiger partial charge in [0.15, 0.2) is 0 Å². The molecular weight excluding hydrogens is 609 g/mol. The highest BCUT2D eigenvalue weighted by atomic mass is 14.7. The Hall–Kier alpha value is -5.74. The number of fused-ring (bicyclic) bond motifs is 5. The lowest BCUT2D eigenvalue weighted by Gasteiger charge is -2.17. The lowest BCUT2D eigenvalue weighted by Crippen LogP contribution is -2.00. The van der Waals surface area contributed by atoms with E-state index >= 15 is 0 Å². The first-order valence-electron chi connectivity index (χ1n) is 17.6. The molecule has 0 saturated heterocycles. The summed E-state index contributed by atoms with van der Waals surface area (Å²) in [6.07, 6.45) is 9.41. The summed E-state index contributed by atoms with van der Waals surface area (Å²) in [5, 5.41) is 4.69. The lowest BCUT2D eigenvalue weighted by atomic mass is 9.92. The largest absolute Gasteiger partial charge is 0.264 e. The molecule has 0 amide bonds.